The van der Waals surface area contributed by atoms with Crippen LogP contribution in [0, 0.1) is 10.1 Å². The molecule has 2 rings (SSSR count). The summed E-state index contributed by atoms with van der Waals surface area (Å²) < 4.78 is 1.55. The van der Waals surface area contributed by atoms with Crippen molar-refractivity contribution in [3.63, 3.8) is 0 Å². The number of carbonyl (C=O) groups is 1. The van der Waals surface area contributed by atoms with E-state index in [0.717, 1.165) is 0 Å². The highest BCUT2D eigenvalue weighted by Crippen LogP contribution is 2.25. The molecule has 0 aromatic carbocycles. The maximum absolute atomic E-state index is 11.3. The minimum atomic E-state index is -0.770. The van der Waals surface area contributed by atoms with Gasteiger partial charge < -0.3 is 5.32 Å². The lowest BCUT2D eigenvalue weighted by molar-refractivity contribution is -0.530. The number of nitrogens with one attached hydrogen (secondary N) is 1. The first-order valence-electron chi connectivity index (χ1n) is 5.00. The lowest BCUT2D eigenvalue weighted by Crippen LogP contribution is -2.45. The zero-order chi connectivity index (χ0) is 11.7. The molecule has 7 nitrogen and oxygen atoms in total. The van der Waals surface area contributed by atoms with E-state index in [2.05, 4.69) is 10.4 Å². The Bertz CT molecular complexity index is 428. The highest BCUT2D eigenvalue weighted by molar-refractivity contribution is 5.77. The fourth-order valence-electron chi connectivity index (χ4n) is 1.97. The minimum absolute atomic E-state index is 0.149. The molecular formula is C9H12N4O3. The molecule has 0 unspecified atom stereocenters. The van der Waals surface area contributed by atoms with Gasteiger partial charge in [-0.2, -0.15) is 5.10 Å². The lowest BCUT2D eigenvalue weighted by atomic mass is 9.96. The van der Waals surface area contributed by atoms with Crippen molar-refractivity contribution in [1.29, 1.82) is 0 Å². The zero-order valence-corrected chi connectivity index (χ0v) is 8.79. The molecule has 16 heavy (non-hydrogen) atoms. The van der Waals surface area contributed by atoms with E-state index in [9.17, 15) is 14.9 Å². The molecule has 0 bridgehead atoms. The molecule has 2 atom stereocenters. The number of rotatable bonds is 2. The molecule has 1 aromatic heterocycles. The van der Waals surface area contributed by atoms with Crippen LogP contribution >= 0.6 is 0 Å². The van der Waals surface area contributed by atoms with Crippen molar-refractivity contribution < 1.29 is 9.72 Å². The van der Waals surface area contributed by atoms with Crippen LogP contribution < -0.4 is 5.32 Å². The Balaban J connectivity index is 2.31. The fraction of sp³-hybridized carbons (Fsp3) is 0.556. The molecule has 1 saturated heterocycles. The molecule has 1 aromatic rings. The summed E-state index contributed by atoms with van der Waals surface area (Å²) >= 11 is 0. The van der Waals surface area contributed by atoms with Crippen LogP contribution in [0.25, 0.3) is 0 Å². The number of aromatic nitrogens is 2. The van der Waals surface area contributed by atoms with E-state index in [1.807, 2.05) is 0 Å². The number of amides is 1. The van der Waals surface area contributed by atoms with Gasteiger partial charge in [-0.3, -0.25) is 19.6 Å². The number of hydrogen-bond acceptors (Lipinski definition) is 4. The van der Waals surface area contributed by atoms with Crippen molar-refractivity contribution in [2.45, 2.75) is 24.9 Å². The van der Waals surface area contributed by atoms with Crippen LogP contribution in [-0.2, 0) is 11.8 Å². The Morgan fingerprint density at radius 2 is 2.44 bits per heavy atom. The average Bonchev–Trinajstić information content (AvgIpc) is 2.63. The Morgan fingerprint density at radius 3 is 3.00 bits per heavy atom. The molecule has 0 aliphatic carbocycles. The second-order valence-electron chi connectivity index (χ2n) is 3.82. The van der Waals surface area contributed by atoms with Gasteiger partial charge in [0.1, 0.15) is 6.04 Å². The van der Waals surface area contributed by atoms with Crippen LogP contribution in [0.1, 0.15) is 24.6 Å². The lowest BCUT2D eigenvalue weighted by Gasteiger charge is -2.26. The normalized spacial score (nSPS) is 25.2. The number of nitrogens with zero attached hydrogens (tertiary/aromatic N) is 3. The first kappa shape index (κ1) is 10.6. The van der Waals surface area contributed by atoms with E-state index < -0.39 is 12.1 Å². The Kier molecular flexibility index (Phi) is 2.59. The van der Waals surface area contributed by atoms with Crippen LogP contribution in [0.4, 0.5) is 0 Å². The first-order chi connectivity index (χ1) is 7.59. The second-order valence-corrected chi connectivity index (χ2v) is 3.82. The van der Waals surface area contributed by atoms with Crippen LogP contribution in [0.2, 0.25) is 0 Å². The summed E-state index contributed by atoms with van der Waals surface area (Å²) in [6.45, 7) is 0. The molecule has 1 N–H and O–H groups in total. The highest BCUT2D eigenvalue weighted by atomic mass is 16.6. The summed E-state index contributed by atoms with van der Waals surface area (Å²) in [5.41, 5.74) is 0.662. The van der Waals surface area contributed by atoms with Gasteiger partial charge in [-0.1, -0.05) is 0 Å². The molecular weight excluding hydrogens is 212 g/mol. The van der Waals surface area contributed by atoms with Gasteiger partial charge in [-0.05, 0) is 6.07 Å². The standard InChI is InChI=1S/C9H12N4O3/c1-12-6(4-5-10-12)9-7(13(15)16)2-3-8(14)11-9/h4-5,7,9H,2-3H2,1H3,(H,11,14)/t7-,9+/m0/s1. The average molecular weight is 224 g/mol. The minimum Gasteiger partial charge on any atom is -0.341 e. The van der Waals surface area contributed by atoms with E-state index in [0.29, 0.717) is 5.69 Å². The van der Waals surface area contributed by atoms with Gasteiger partial charge >= 0.3 is 0 Å². The first-order valence-corrected chi connectivity index (χ1v) is 5.00. The van der Waals surface area contributed by atoms with Gasteiger partial charge in [0.15, 0.2) is 0 Å². The zero-order valence-electron chi connectivity index (χ0n) is 8.79. The third-order valence-corrected chi connectivity index (χ3v) is 2.82. The molecule has 2 heterocycles. The molecule has 1 aliphatic heterocycles. The van der Waals surface area contributed by atoms with Gasteiger partial charge in [0, 0.05) is 31.0 Å². The van der Waals surface area contributed by atoms with Crippen molar-refractivity contribution >= 4 is 5.91 Å². The van der Waals surface area contributed by atoms with Gasteiger partial charge in [-0.15, -0.1) is 0 Å². The van der Waals surface area contributed by atoms with Crippen LogP contribution in [0.5, 0.6) is 0 Å². The number of piperidine rings is 1. The maximum Gasteiger partial charge on any atom is 0.239 e. The predicted octanol–water partition coefficient (Wildman–Crippen LogP) is 0.0165. The van der Waals surface area contributed by atoms with E-state index in [-0.39, 0.29) is 23.7 Å². The van der Waals surface area contributed by atoms with Crippen molar-refractivity contribution in [3.05, 3.63) is 28.1 Å². The molecule has 0 saturated carbocycles. The molecule has 86 valence electrons. The van der Waals surface area contributed by atoms with E-state index in [1.54, 1.807) is 24.0 Å². The van der Waals surface area contributed by atoms with Crippen molar-refractivity contribution in [2.24, 2.45) is 7.05 Å². The maximum atomic E-state index is 11.3. The topological polar surface area (TPSA) is 90.1 Å². The quantitative estimate of drug-likeness (QED) is 0.566. The molecule has 7 heteroatoms. The molecule has 1 fully saturated rings. The summed E-state index contributed by atoms with van der Waals surface area (Å²) in [6.07, 6.45) is 2.04. The Hall–Kier alpha value is -1.92. The number of hydrogen-bond donors (Lipinski definition) is 1. The predicted molar refractivity (Wildman–Crippen MR) is 54.1 cm³/mol. The number of nitro groups is 1. The largest absolute Gasteiger partial charge is 0.341 e. The van der Waals surface area contributed by atoms with Crippen LogP contribution in [0.15, 0.2) is 12.3 Å². The molecule has 1 aliphatic rings. The third kappa shape index (κ3) is 1.75. The second kappa shape index (κ2) is 3.92. The van der Waals surface area contributed by atoms with E-state index in [4.69, 9.17) is 0 Å². The van der Waals surface area contributed by atoms with Crippen molar-refractivity contribution in [2.75, 3.05) is 0 Å². The monoisotopic (exact) mass is 224 g/mol. The van der Waals surface area contributed by atoms with E-state index >= 15 is 0 Å². The smallest absolute Gasteiger partial charge is 0.239 e. The van der Waals surface area contributed by atoms with Gasteiger partial charge in [0.2, 0.25) is 11.9 Å². The number of aryl methyl sites for hydroxylation is 1. The summed E-state index contributed by atoms with van der Waals surface area (Å²) in [7, 11) is 1.70. The summed E-state index contributed by atoms with van der Waals surface area (Å²) in [6, 6.07) is 0.337. The van der Waals surface area contributed by atoms with Gasteiger partial charge in [-0.25, -0.2) is 0 Å². The van der Waals surface area contributed by atoms with Crippen LogP contribution in [-0.4, -0.2) is 26.7 Å². The van der Waals surface area contributed by atoms with Gasteiger partial charge in [0.05, 0.1) is 5.69 Å². The summed E-state index contributed by atoms with van der Waals surface area (Å²) in [5, 5.41) is 17.5. The summed E-state index contributed by atoms with van der Waals surface area (Å²) in [5.74, 6) is -0.149. The molecule has 0 radical (unpaired) electrons. The Morgan fingerprint density at radius 1 is 1.69 bits per heavy atom. The summed E-state index contributed by atoms with van der Waals surface area (Å²) in [4.78, 5) is 21.9. The molecule has 1 amide bonds. The van der Waals surface area contributed by atoms with Gasteiger partial charge in [0.25, 0.3) is 0 Å². The SMILES string of the molecule is Cn1nccc1[C@H]1NC(=O)CC[C@@H]1[N+](=O)[O-]. The van der Waals surface area contributed by atoms with Crippen molar-refractivity contribution in [3.8, 4) is 0 Å². The number of carbonyl (C=O) groups excluding carboxylic acids is 1. The highest BCUT2D eigenvalue weighted by Gasteiger charge is 2.39. The third-order valence-electron chi connectivity index (χ3n) is 2.82. The Labute approximate surface area is 91.6 Å². The van der Waals surface area contributed by atoms with E-state index in [1.165, 1.54) is 0 Å². The molecule has 0 spiro atoms. The van der Waals surface area contributed by atoms with Crippen molar-refractivity contribution in [1.82, 2.24) is 15.1 Å². The van der Waals surface area contributed by atoms with Crippen LogP contribution in [0.3, 0.4) is 0 Å². The fourth-order valence-corrected chi connectivity index (χ4v) is 1.97.